The lowest BCUT2D eigenvalue weighted by Crippen LogP contribution is -2.39. The van der Waals surface area contributed by atoms with E-state index in [0.29, 0.717) is 0 Å². The zero-order valence-electron chi connectivity index (χ0n) is 10.7. The third-order valence-electron chi connectivity index (χ3n) is 3.36. The summed E-state index contributed by atoms with van der Waals surface area (Å²) in [6.07, 6.45) is 2.45. The SMILES string of the molecule is CN=C(NC)NCC1(c2ccc(Cl)cc2)CC1.I. The summed E-state index contributed by atoms with van der Waals surface area (Å²) in [6, 6.07) is 8.17. The molecule has 0 bridgehead atoms. The highest BCUT2D eigenvalue weighted by Gasteiger charge is 2.44. The number of nitrogens with zero attached hydrogens (tertiary/aromatic N) is 1. The second-order valence-corrected chi connectivity index (χ2v) is 4.90. The fraction of sp³-hybridized carbons (Fsp3) is 0.462. The van der Waals surface area contributed by atoms with Crippen LogP contribution in [0.4, 0.5) is 0 Å². The molecule has 0 amide bonds. The highest BCUT2D eigenvalue weighted by Crippen LogP contribution is 2.47. The summed E-state index contributed by atoms with van der Waals surface area (Å²) in [5.41, 5.74) is 1.64. The molecule has 0 saturated heterocycles. The summed E-state index contributed by atoms with van der Waals surface area (Å²) in [4.78, 5) is 4.12. The number of hydrogen-bond acceptors (Lipinski definition) is 1. The number of nitrogens with one attached hydrogen (secondary N) is 2. The maximum atomic E-state index is 5.91. The Morgan fingerprint density at radius 3 is 2.39 bits per heavy atom. The Balaban J connectivity index is 0.00000162. The van der Waals surface area contributed by atoms with E-state index in [1.807, 2.05) is 19.2 Å². The number of rotatable bonds is 3. The van der Waals surface area contributed by atoms with E-state index in [1.54, 1.807) is 7.05 Å². The predicted octanol–water partition coefficient (Wildman–Crippen LogP) is 2.78. The second kappa shape index (κ2) is 6.61. The number of guanidine groups is 1. The Kier molecular flexibility index (Phi) is 5.72. The van der Waals surface area contributed by atoms with E-state index in [9.17, 15) is 0 Å². The maximum absolute atomic E-state index is 5.91. The van der Waals surface area contributed by atoms with Crippen LogP contribution in [0, 0.1) is 0 Å². The van der Waals surface area contributed by atoms with Gasteiger partial charge in [0.1, 0.15) is 0 Å². The van der Waals surface area contributed by atoms with Gasteiger partial charge in [-0.15, -0.1) is 24.0 Å². The molecule has 3 nitrogen and oxygen atoms in total. The van der Waals surface area contributed by atoms with E-state index in [0.717, 1.165) is 17.5 Å². The Bertz CT molecular complexity index is 413. The van der Waals surface area contributed by atoms with Gasteiger partial charge in [-0.25, -0.2) is 0 Å². The average molecular weight is 380 g/mol. The molecule has 1 aliphatic rings. The van der Waals surface area contributed by atoms with Gasteiger partial charge in [0.2, 0.25) is 0 Å². The molecule has 2 rings (SSSR count). The van der Waals surface area contributed by atoms with E-state index < -0.39 is 0 Å². The molecule has 0 atom stereocenters. The molecule has 0 unspecified atom stereocenters. The first-order chi connectivity index (χ1) is 8.20. The Morgan fingerprint density at radius 1 is 1.33 bits per heavy atom. The number of benzene rings is 1. The summed E-state index contributed by atoms with van der Waals surface area (Å²) in [5, 5.41) is 7.17. The van der Waals surface area contributed by atoms with Crippen LogP contribution in [0.15, 0.2) is 29.3 Å². The van der Waals surface area contributed by atoms with Crippen LogP contribution in [-0.2, 0) is 5.41 Å². The van der Waals surface area contributed by atoms with Crippen LogP contribution in [0.3, 0.4) is 0 Å². The van der Waals surface area contributed by atoms with Gasteiger partial charge in [0, 0.05) is 31.1 Å². The Labute approximate surface area is 130 Å². The zero-order chi connectivity index (χ0) is 12.3. The van der Waals surface area contributed by atoms with Crippen molar-refractivity contribution in [2.24, 2.45) is 4.99 Å². The smallest absolute Gasteiger partial charge is 0.190 e. The standard InChI is InChI=1S/C13H18ClN3.HI/c1-15-12(16-2)17-9-13(7-8-13)10-3-5-11(14)6-4-10;/h3-6H,7-9H2,1-2H3,(H2,15,16,17);1H. The molecule has 1 aliphatic carbocycles. The van der Waals surface area contributed by atoms with Crippen LogP contribution < -0.4 is 10.6 Å². The van der Waals surface area contributed by atoms with Crippen molar-refractivity contribution in [2.75, 3.05) is 20.6 Å². The topological polar surface area (TPSA) is 36.4 Å². The lowest BCUT2D eigenvalue weighted by atomic mass is 9.96. The summed E-state index contributed by atoms with van der Waals surface area (Å²) >= 11 is 5.91. The van der Waals surface area contributed by atoms with Crippen LogP contribution in [0.2, 0.25) is 5.02 Å². The molecule has 5 heteroatoms. The molecule has 0 spiro atoms. The fourth-order valence-corrected chi connectivity index (χ4v) is 2.18. The van der Waals surface area contributed by atoms with Crippen LogP contribution in [0.1, 0.15) is 18.4 Å². The van der Waals surface area contributed by atoms with E-state index in [-0.39, 0.29) is 29.4 Å². The molecule has 2 N–H and O–H groups in total. The predicted molar refractivity (Wildman–Crippen MR) is 88.2 cm³/mol. The Hall–Kier alpha value is -0.490. The molecular weight excluding hydrogens is 361 g/mol. The van der Waals surface area contributed by atoms with Crippen molar-refractivity contribution in [2.45, 2.75) is 18.3 Å². The van der Waals surface area contributed by atoms with Crippen LogP contribution in [0.25, 0.3) is 0 Å². The third-order valence-corrected chi connectivity index (χ3v) is 3.62. The minimum Gasteiger partial charge on any atom is -0.359 e. The van der Waals surface area contributed by atoms with Crippen LogP contribution in [-0.4, -0.2) is 26.6 Å². The summed E-state index contributed by atoms with van der Waals surface area (Å²) < 4.78 is 0. The van der Waals surface area contributed by atoms with Gasteiger partial charge in [-0.05, 0) is 30.5 Å². The van der Waals surface area contributed by atoms with Gasteiger partial charge in [0.25, 0.3) is 0 Å². The van der Waals surface area contributed by atoms with Gasteiger partial charge < -0.3 is 10.6 Å². The first-order valence-corrected chi connectivity index (χ1v) is 6.22. The van der Waals surface area contributed by atoms with Crippen LogP contribution in [0.5, 0.6) is 0 Å². The van der Waals surface area contributed by atoms with Gasteiger partial charge in [-0.3, -0.25) is 4.99 Å². The normalized spacial score (nSPS) is 16.7. The van der Waals surface area contributed by atoms with Crippen molar-refractivity contribution < 1.29 is 0 Å². The summed E-state index contributed by atoms with van der Waals surface area (Å²) in [6.45, 7) is 0.919. The lowest BCUT2D eigenvalue weighted by molar-refractivity contribution is 0.651. The highest BCUT2D eigenvalue weighted by molar-refractivity contribution is 14.0. The van der Waals surface area contributed by atoms with Crippen molar-refractivity contribution in [3.05, 3.63) is 34.9 Å². The quantitative estimate of drug-likeness (QED) is 0.481. The molecule has 1 aromatic rings. The van der Waals surface area contributed by atoms with Crippen molar-refractivity contribution in [3.63, 3.8) is 0 Å². The van der Waals surface area contributed by atoms with E-state index in [1.165, 1.54) is 18.4 Å². The highest BCUT2D eigenvalue weighted by atomic mass is 127. The van der Waals surface area contributed by atoms with Gasteiger partial charge in [0.05, 0.1) is 0 Å². The van der Waals surface area contributed by atoms with Crippen molar-refractivity contribution in [3.8, 4) is 0 Å². The van der Waals surface area contributed by atoms with Gasteiger partial charge in [-0.1, -0.05) is 23.7 Å². The van der Waals surface area contributed by atoms with Gasteiger partial charge in [0.15, 0.2) is 5.96 Å². The molecular formula is C13H19ClIN3. The molecule has 1 aromatic carbocycles. The lowest BCUT2D eigenvalue weighted by Gasteiger charge is -2.18. The molecule has 0 radical (unpaired) electrons. The van der Waals surface area contributed by atoms with Crippen molar-refractivity contribution in [1.29, 1.82) is 0 Å². The molecule has 1 saturated carbocycles. The number of aliphatic imine (C=N–C) groups is 1. The first-order valence-electron chi connectivity index (χ1n) is 5.85. The summed E-state index contributed by atoms with van der Waals surface area (Å²) in [5.74, 6) is 0.838. The van der Waals surface area contributed by atoms with Crippen molar-refractivity contribution >= 4 is 41.5 Å². The molecule has 0 aromatic heterocycles. The number of hydrogen-bond donors (Lipinski definition) is 2. The van der Waals surface area contributed by atoms with E-state index >= 15 is 0 Å². The summed E-state index contributed by atoms with van der Waals surface area (Å²) in [7, 11) is 3.65. The first kappa shape index (κ1) is 15.6. The molecule has 1 fully saturated rings. The molecule has 18 heavy (non-hydrogen) atoms. The van der Waals surface area contributed by atoms with Crippen LogP contribution >= 0.6 is 35.6 Å². The minimum atomic E-state index is 0. The van der Waals surface area contributed by atoms with Gasteiger partial charge in [-0.2, -0.15) is 0 Å². The van der Waals surface area contributed by atoms with E-state index in [4.69, 9.17) is 11.6 Å². The Morgan fingerprint density at radius 2 is 1.94 bits per heavy atom. The zero-order valence-corrected chi connectivity index (χ0v) is 13.8. The van der Waals surface area contributed by atoms with E-state index in [2.05, 4.69) is 27.8 Å². The number of halogens is 2. The average Bonchev–Trinajstić information content (AvgIpc) is 3.12. The largest absolute Gasteiger partial charge is 0.359 e. The van der Waals surface area contributed by atoms with Crippen molar-refractivity contribution in [1.82, 2.24) is 10.6 Å². The molecule has 0 heterocycles. The molecule has 100 valence electrons. The maximum Gasteiger partial charge on any atom is 0.190 e. The fourth-order valence-electron chi connectivity index (χ4n) is 2.05. The minimum absolute atomic E-state index is 0. The molecule has 0 aliphatic heterocycles. The monoisotopic (exact) mass is 379 g/mol. The third kappa shape index (κ3) is 3.51. The van der Waals surface area contributed by atoms with Gasteiger partial charge >= 0.3 is 0 Å². The second-order valence-electron chi connectivity index (χ2n) is 4.46.